The van der Waals surface area contributed by atoms with Crippen LogP contribution in [-0.2, 0) is 4.79 Å². The second-order valence-corrected chi connectivity index (χ2v) is 3.76. The van der Waals surface area contributed by atoms with Gasteiger partial charge in [0.25, 0.3) is 0 Å². The summed E-state index contributed by atoms with van der Waals surface area (Å²) in [6.45, 7) is 3.57. The molecule has 1 amide bonds. The Morgan fingerprint density at radius 2 is 1.93 bits per heavy atom. The van der Waals surface area contributed by atoms with E-state index in [1.807, 2.05) is 5.32 Å². The highest BCUT2D eigenvalue weighted by molar-refractivity contribution is 5.82. The fraction of sp³-hybridized carbons (Fsp3) is 0.700. The van der Waals surface area contributed by atoms with E-state index >= 15 is 0 Å². The summed E-state index contributed by atoms with van der Waals surface area (Å²) in [5.41, 5.74) is 0. The molecule has 2 nitrogen and oxygen atoms in total. The third kappa shape index (κ3) is 3.25. The van der Waals surface area contributed by atoms with Gasteiger partial charge in [0, 0.05) is 6.04 Å². The van der Waals surface area contributed by atoms with Gasteiger partial charge >= 0.3 is 12.1 Å². The maximum Gasteiger partial charge on any atom is 0.471 e. The van der Waals surface area contributed by atoms with Crippen LogP contribution >= 0.6 is 0 Å². The van der Waals surface area contributed by atoms with Gasteiger partial charge in [-0.05, 0) is 18.8 Å². The number of amides is 1. The molecular weight excluding hydrogens is 207 g/mol. The first-order valence-corrected chi connectivity index (χ1v) is 4.95. The number of alkyl halides is 3. The maximum atomic E-state index is 12.0. The smallest absolute Gasteiger partial charge is 0.345 e. The van der Waals surface area contributed by atoms with Crippen LogP contribution in [0.15, 0.2) is 12.7 Å². The Morgan fingerprint density at radius 1 is 1.33 bits per heavy atom. The van der Waals surface area contributed by atoms with Crippen LogP contribution in [0, 0.1) is 5.92 Å². The largest absolute Gasteiger partial charge is 0.471 e. The molecule has 0 unspecified atom stereocenters. The second-order valence-electron chi connectivity index (χ2n) is 3.76. The molecule has 0 spiro atoms. The Hall–Kier alpha value is -1.00. The highest BCUT2D eigenvalue weighted by atomic mass is 19.4. The van der Waals surface area contributed by atoms with E-state index in [4.69, 9.17) is 0 Å². The Kier molecular flexibility index (Phi) is 3.77. The average molecular weight is 221 g/mol. The number of carbonyl (C=O) groups excluding carboxylic acids is 1. The summed E-state index contributed by atoms with van der Waals surface area (Å²) < 4.78 is 36.0. The van der Waals surface area contributed by atoms with E-state index in [1.165, 1.54) is 0 Å². The van der Waals surface area contributed by atoms with Crippen LogP contribution in [0.4, 0.5) is 13.2 Å². The van der Waals surface area contributed by atoms with Gasteiger partial charge in [-0.25, -0.2) is 0 Å². The number of hydrogen-bond donors (Lipinski definition) is 1. The van der Waals surface area contributed by atoms with Gasteiger partial charge in [-0.2, -0.15) is 13.2 Å². The number of nitrogens with one attached hydrogen (secondary N) is 1. The Balaban J connectivity index is 2.55. The zero-order valence-electron chi connectivity index (χ0n) is 8.31. The van der Waals surface area contributed by atoms with E-state index in [0.29, 0.717) is 6.42 Å². The lowest BCUT2D eigenvalue weighted by Crippen LogP contribution is -2.47. The SMILES string of the molecule is C=C[C@H]1CCCC[C@@H]1NC(=O)C(F)(F)F. The highest BCUT2D eigenvalue weighted by Crippen LogP contribution is 2.26. The third-order valence-corrected chi connectivity index (χ3v) is 2.70. The number of halogens is 3. The van der Waals surface area contributed by atoms with E-state index in [-0.39, 0.29) is 5.92 Å². The van der Waals surface area contributed by atoms with Crippen LogP contribution in [0.5, 0.6) is 0 Å². The monoisotopic (exact) mass is 221 g/mol. The Labute approximate surface area is 86.5 Å². The molecule has 1 rings (SSSR count). The summed E-state index contributed by atoms with van der Waals surface area (Å²) in [7, 11) is 0. The summed E-state index contributed by atoms with van der Waals surface area (Å²) in [6.07, 6.45) is 0.0661. The molecule has 0 aromatic heterocycles. The topological polar surface area (TPSA) is 29.1 Å². The minimum absolute atomic E-state index is 0.0370. The third-order valence-electron chi connectivity index (χ3n) is 2.70. The average Bonchev–Trinajstić information content (AvgIpc) is 2.17. The molecule has 0 heterocycles. The molecule has 5 heteroatoms. The van der Waals surface area contributed by atoms with Crippen LogP contribution in [0.25, 0.3) is 0 Å². The lowest BCUT2D eigenvalue weighted by Gasteiger charge is -2.30. The zero-order chi connectivity index (χ0) is 11.5. The van der Waals surface area contributed by atoms with Crippen molar-refractivity contribution in [2.75, 3.05) is 0 Å². The molecule has 0 radical (unpaired) electrons. The lowest BCUT2D eigenvalue weighted by molar-refractivity contribution is -0.174. The van der Waals surface area contributed by atoms with Gasteiger partial charge in [0.2, 0.25) is 0 Å². The van der Waals surface area contributed by atoms with Gasteiger partial charge in [0.1, 0.15) is 0 Å². The van der Waals surface area contributed by atoms with Crippen LogP contribution in [0.1, 0.15) is 25.7 Å². The van der Waals surface area contributed by atoms with Gasteiger partial charge in [-0.1, -0.05) is 18.9 Å². The molecule has 0 aromatic carbocycles. The van der Waals surface area contributed by atoms with Crippen LogP contribution < -0.4 is 5.32 Å². The molecular formula is C10H14F3NO. The van der Waals surface area contributed by atoms with Gasteiger partial charge in [0.15, 0.2) is 0 Å². The molecule has 1 N–H and O–H groups in total. The van der Waals surface area contributed by atoms with Crippen molar-refractivity contribution in [2.45, 2.75) is 37.9 Å². The van der Waals surface area contributed by atoms with E-state index in [2.05, 4.69) is 6.58 Å². The van der Waals surface area contributed by atoms with E-state index in [9.17, 15) is 18.0 Å². The molecule has 0 aromatic rings. The van der Waals surface area contributed by atoms with Crippen molar-refractivity contribution in [1.29, 1.82) is 0 Å². The number of hydrogen-bond acceptors (Lipinski definition) is 1. The van der Waals surface area contributed by atoms with Gasteiger partial charge < -0.3 is 5.32 Å². The summed E-state index contributed by atoms with van der Waals surface area (Å²) >= 11 is 0. The molecule has 2 atom stereocenters. The molecule has 1 fully saturated rings. The first-order chi connectivity index (χ1) is 6.95. The number of rotatable bonds is 2. The molecule has 0 aliphatic heterocycles. The fourth-order valence-corrected chi connectivity index (χ4v) is 1.87. The Bertz CT molecular complexity index is 250. The zero-order valence-corrected chi connectivity index (χ0v) is 8.31. The van der Waals surface area contributed by atoms with Crippen molar-refractivity contribution in [3.05, 3.63) is 12.7 Å². The standard InChI is InChI=1S/C10H14F3NO/c1-2-7-5-3-4-6-8(7)14-9(15)10(11,12)13/h2,7-8H,1,3-6H2,(H,14,15)/t7-,8-/m0/s1. The normalized spacial score (nSPS) is 27.1. The molecule has 1 aliphatic carbocycles. The maximum absolute atomic E-state index is 12.0. The quantitative estimate of drug-likeness (QED) is 0.713. The molecule has 0 saturated heterocycles. The first kappa shape index (κ1) is 12.1. The van der Waals surface area contributed by atoms with Crippen LogP contribution in [-0.4, -0.2) is 18.1 Å². The van der Waals surface area contributed by atoms with Gasteiger partial charge in [0.05, 0.1) is 0 Å². The lowest BCUT2D eigenvalue weighted by atomic mass is 9.84. The highest BCUT2D eigenvalue weighted by Gasteiger charge is 2.40. The van der Waals surface area contributed by atoms with Crippen molar-refractivity contribution in [1.82, 2.24) is 5.32 Å². The summed E-state index contributed by atoms with van der Waals surface area (Å²) in [4.78, 5) is 10.7. The second kappa shape index (κ2) is 4.68. The van der Waals surface area contributed by atoms with Crippen molar-refractivity contribution in [3.63, 3.8) is 0 Å². The van der Waals surface area contributed by atoms with E-state index in [1.54, 1.807) is 6.08 Å². The number of carbonyl (C=O) groups is 1. The molecule has 0 bridgehead atoms. The summed E-state index contributed by atoms with van der Waals surface area (Å²) in [5.74, 6) is -1.88. The molecule has 15 heavy (non-hydrogen) atoms. The van der Waals surface area contributed by atoms with Crippen molar-refractivity contribution in [3.8, 4) is 0 Å². The molecule has 86 valence electrons. The minimum Gasteiger partial charge on any atom is -0.345 e. The Morgan fingerprint density at radius 3 is 2.47 bits per heavy atom. The van der Waals surface area contributed by atoms with Crippen molar-refractivity contribution < 1.29 is 18.0 Å². The van der Waals surface area contributed by atoms with Crippen LogP contribution in [0.2, 0.25) is 0 Å². The summed E-state index contributed by atoms with van der Waals surface area (Å²) in [5, 5.41) is 2.02. The molecule has 1 saturated carbocycles. The van der Waals surface area contributed by atoms with Gasteiger partial charge in [-0.15, -0.1) is 6.58 Å². The predicted molar refractivity (Wildman–Crippen MR) is 50.1 cm³/mol. The van der Waals surface area contributed by atoms with Crippen LogP contribution in [0.3, 0.4) is 0 Å². The summed E-state index contributed by atoms with van der Waals surface area (Å²) in [6, 6.07) is -0.412. The first-order valence-electron chi connectivity index (χ1n) is 4.95. The van der Waals surface area contributed by atoms with E-state index in [0.717, 1.165) is 19.3 Å². The van der Waals surface area contributed by atoms with Crippen molar-refractivity contribution >= 4 is 5.91 Å². The van der Waals surface area contributed by atoms with Gasteiger partial charge in [-0.3, -0.25) is 4.79 Å². The minimum atomic E-state index is -4.79. The predicted octanol–water partition coefficient (Wildman–Crippen LogP) is 2.41. The molecule has 1 aliphatic rings. The van der Waals surface area contributed by atoms with E-state index < -0.39 is 18.1 Å². The fourth-order valence-electron chi connectivity index (χ4n) is 1.87. The van der Waals surface area contributed by atoms with Crippen molar-refractivity contribution in [2.24, 2.45) is 5.92 Å².